The zero-order valence-electron chi connectivity index (χ0n) is 16.7. The monoisotopic (exact) mass is 407 g/mol. The number of hydrogen-bond donors (Lipinski definition) is 0. The quantitative estimate of drug-likeness (QED) is 0.407. The van der Waals surface area contributed by atoms with Crippen molar-refractivity contribution in [1.29, 1.82) is 0 Å². The van der Waals surface area contributed by atoms with Crippen LogP contribution in [0.15, 0.2) is 93.1 Å². The van der Waals surface area contributed by atoms with Gasteiger partial charge in [0.2, 0.25) is 0 Å². The normalized spacial score (nSPS) is 18.7. The molecular formula is C26H17NO4. The van der Waals surface area contributed by atoms with Gasteiger partial charge in [0.05, 0.1) is 10.9 Å². The van der Waals surface area contributed by atoms with Gasteiger partial charge in [0.15, 0.2) is 5.75 Å². The molecule has 2 aliphatic heterocycles. The summed E-state index contributed by atoms with van der Waals surface area (Å²) >= 11 is 0. The molecule has 0 N–H and O–H groups in total. The third-order valence-electron chi connectivity index (χ3n) is 5.57. The first-order valence-electron chi connectivity index (χ1n) is 10.0. The van der Waals surface area contributed by atoms with Crippen molar-refractivity contribution in [2.24, 2.45) is 4.99 Å². The number of hydrogen-bond acceptors (Lipinski definition) is 5. The first-order chi connectivity index (χ1) is 15.1. The molecule has 0 saturated heterocycles. The van der Waals surface area contributed by atoms with Gasteiger partial charge >= 0.3 is 5.63 Å². The lowest BCUT2D eigenvalue weighted by Gasteiger charge is -2.36. The van der Waals surface area contributed by atoms with Crippen molar-refractivity contribution < 1.29 is 13.9 Å². The highest BCUT2D eigenvalue weighted by Crippen LogP contribution is 2.47. The number of aliphatic imine (C=N–C) groups is 1. The predicted molar refractivity (Wildman–Crippen MR) is 119 cm³/mol. The Balaban J connectivity index is 1.62. The molecule has 3 heterocycles. The van der Waals surface area contributed by atoms with E-state index >= 15 is 0 Å². The average Bonchev–Trinajstić information content (AvgIpc) is 2.79. The minimum absolute atomic E-state index is 0.305. The summed E-state index contributed by atoms with van der Waals surface area (Å²) in [4.78, 5) is 17.3. The molecule has 1 atom stereocenters. The third-order valence-corrected chi connectivity index (χ3v) is 5.57. The van der Waals surface area contributed by atoms with Crippen molar-refractivity contribution >= 4 is 22.9 Å². The van der Waals surface area contributed by atoms with Crippen LogP contribution in [0.3, 0.4) is 0 Å². The second-order valence-corrected chi connectivity index (χ2v) is 7.66. The Morgan fingerprint density at radius 2 is 1.74 bits per heavy atom. The molecule has 4 aromatic rings. The van der Waals surface area contributed by atoms with E-state index < -0.39 is 11.4 Å². The molecule has 150 valence electrons. The van der Waals surface area contributed by atoms with Gasteiger partial charge in [-0.2, -0.15) is 0 Å². The molecule has 0 radical (unpaired) electrons. The zero-order chi connectivity index (χ0) is 21.0. The van der Waals surface area contributed by atoms with E-state index in [0.29, 0.717) is 28.4 Å². The molecule has 0 bridgehead atoms. The highest BCUT2D eigenvalue weighted by atomic mass is 16.5. The Bertz CT molecular complexity index is 1470. The zero-order valence-corrected chi connectivity index (χ0v) is 16.7. The van der Waals surface area contributed by atoms with Crippen LogP contribution in [0.5, 0.6) is 11.5 Å². The van der Waals surface area contributed by atoms with Gasteiger partial charge in [-0.05, 0) is 36.8 Å². The van der Waals surface area contributed by atoms with Gasteiger partial charge in [-0.25, -0.2) is 9.79 Å². The molecule has 0 fully saturated rings. The second kappa shape index (κ2) is 6.44. The fourth-order valence-electron chi connectivity index (χ4n) is 4.05. The van der Waals surface area contributed by atoms with E-state index in [9.17, 15) is 4.79 Å². The van der Waals surface area contributed by atoms with Gasteiger partial charge in [-0.15, -0.1) is 0 Å². The van der Waals surface area contributed by atoms with E-state index in [4.69, 9.17) is 18.9 Å². The predicted octanol–water partition coefficient (Wildman–Crippen LogP) is 5.20. The largest absolute Gasteiger partial charge is 0.456 e. The lowest BCUT2D eigenvalue weighted by molar-refractivity contribution is 0.119. The van der Waals surface area contributed by atoms with E-state index in [-0.39, 0.29) is 0 Å². The van der Waals surface area contributed by atoms with Gasteiger partial charge in [-0.3, -0.25) is 0 Å². The van der Waals surface area contributed by atoms with Crippen LogP contribution in [0.4, 0.5) is 0 Å². The van der Waals surface area contributed by atoms with Crippen LogP contribution >= 0.6 is 0 Å². The summed E-state index contributed by atoms with van der Waals surface area (Å²) in [6, 6.07) is 23.1. The smallest absolute Gasteiger partial charge is 0.348 e. The number of aryl methyl sites for hydroxylation is 1. The van der Waals surface area contributed by atoms with E-state index in [1.807, 2.05) is 79.7 Å². The number of ether oxygens (including phenoxy) is 2. The van der Waals surface area contributed by atoms with Crippen LogP contribution < -0.4 is 15.1 Å². The number of nitrogens with zero attached hydrogens (tertiary/aromatic N) is 1. The first-order valence-corrected chi connectivity index (χ1v) is 10.0. The minimum Gasteiger partial charge on any atom is -0.456 e. The summed E-state index contributed by atoms with van der Waals surface area (Å²) < 4.78 is 18.3. The highest BCUT2D eigenvalue weighted by molar-refractivity contribution is 5.95. The Morgan fingerprint density at radius 1 is 0.935 bits per heavy atom. The molecule has 6 rings (SSSR count). The molecule has 0 saturated carbocycles. The highest BCUT2D eigenvalue weighted by Gasteiger charge is 2.42. The molecule has 1 unspecified atom stereocenters. The summed E-state index contributed by atoms with van der Waals surface area (Å²) in [5.74, 6) is 1.78. The lowest BCUT2D eigenvalue weighted by Crippen LogP contribution is -2.36. The van der Waals surface area contributed by atoms with Crippen LogP contribution in [-0.4, -0.2) is 6.21 Å². The molecule has 3 aromatic carbocycles. The molecule has 1 spiro atoms. The number of para-hydroxylation sites is 1. The summed E-state index contributed by atoms with van der Waals surface area (Å²) in [5, 5.41) is 0.720. The maximum atomic E-state index is 12.5. The lowest BCUT2D eigenvalue weighted by atomic mass is 9.94. The summed E-state index contributed by atoms with van der Waals surface area (Å²) in [7, 11) is 0. The first kappa shape index (κ1) is 17.7. The maximum Gasteiger partial charge on any atom is 0.348 e. The van der Waals surface area contributed by atoms with Crippen molar-refractivity contribution in [2.75, 3.05) is 0 Å². The Hall–Kier alpha value is -4.12. The molecule has 0 amide bonds. The maximum absolute atomic E-state index is 12.5. The van der Waals surface area contributed by atoms with Crippen LogP contribution in [0.2, 0.25) is 0 Å². The van der Waals surface area contributed by atoms with E-state index in [0.717, 1.165) is 22.1 Å². The fourth-order valence-corrected chi connectivity index (χ4v) is 4.05. The number of benzene rings is 3. The minimum atomic E-state index is -1.16. The van der Waals surface area contributed by atoms with Crippen molar-refractivity contribution in [3.63, 3.8) is 0 Å². The van der Waals surface area contributed by atoms with Gasteiger partial charge in [0.1, 0.15) is 22.7 Å². The van der Waals surface area contributed by atoms with Crippen LogP contribution in [-0.2, 0) is 5.72 Å². The van der Waals surface area contributed by atoms with Gasteiger partial charge in [0.25, 0.3) is 5.72 Å². The molecular weight excluding hydrogens is 390 g/mol. The molecule has 31 heavy (non-hydrogen) atoms. The van der Waals surface area contributed by atoms with E-state index in [2.05, 4.69) is 0 Å². The molecule has 1 aromatic heterocycles. The molecule has 5 nitrogen and oxygen atoms in total. The second-order valence-electron chi connectivity index (χ2n) is 7.66. The van der Waals surface area contributed by atoms with E-state index in [1.54, 1.807) is 12.3 Å². The summed E-state index contributed by atoms with van der Waals surface area (Å²) in [6.07, 6.45) is 3.41. The SMILES string of the molecule is Cc1ccc2c(c1)OC(c1ccccc1)=CC21N=Cc2c(c3ccccc3oc2=O)O1. The standard InChI is InChI=1S/C26H17NO4/c1-16-11-12-20-22(13-16)29-23(17-7-3-2-4-8-17)14-26(20)27-15-19-24(31-26)18-9-5-6-10-21(18)30-25(19)28/h2-15H,1H3. The Kier molecular flexibility index (Phi) is 3.68. The van der Waals surface area contributed by atoms with Crippen molar-refractivity contribution in [2.45, 2.75) is 12.6 Å². The summed E-state index contributed by atoms with van der Waals surface area (Å²) in [6.45, 7) is 2.01. The Morgan fingerprint density at radius 3 is 2.61 bits per heavy atom. The topological polar surface area (TPSA) is 61.0 Å². The fraction of sp³-hybridized carbons (Fsp3) is 0.0769. The van der Waals surface area contributed by atoms with Crippen LogP contribution in [0.25, 0.3) is 16.7 Å². The van der Waals surface area contributed by atoms with Crippen molar-refractivity contribution in [3.05, 3.63) is 112 Å². The molecule has 5 heteroatoms. The summed E-state index contributed by atoms with van der Waals surface area (Å²) in [5.41, 5.74) is 1.90. The average molecular weight is 407 g/mol. The molecule has 2 aliphatic rings. The van der Waals surface area contributed by atoms with Crippen molar-refractivity contribution in [3.8, 4) is 11.5 Å². The number of fused-ring (bicyclic) bond motifs is 5. The third kappa shape index (κ3) is 2.70. The molecule has 0 aliphatic carbocycles. The van der Waals surface area contributed by atoms with Gasteiger partial charge in [-0.1, -0.05) is 48.5 Å². The van der Waals surface area contributed by atoms with Gasteiger partial charge in [0, 0.05) is 17.9 Å². The number of rotatable bonds is 1. The van der Waals surface area contributed by atoms with Crippen LogP contribution in [0.1, 0.15) is 22.3 Å². The van der Waals surface area contributed by atoms with Crippen molar-refractivity contribution in [1.82, 2.24) is 0 Å². The van der Waals surface area contributed by atoms with Gasteiger partial charge < -0.3 is 13.9 Å². The van der Waals surface area contributed by atoms with E-state index in [1.165, 1.54) is 0 Å². The Labute approximate surface area is 177 Å². The van der Waals surface area contributed by atoms with Crippen LogP contribution in [0, 0.1) is 6.92 Å².